The molecule has 114 valence electrons. The molecule has 0 unspecified atom stereocenters. The molecule has 0 spiro atoms. The Labute approximate surface area is 128 Å². The molecule has 0 aromatic heterocycles. The topological polar surface area (TPSA) is 56.0 Å². The number of rotatable bonds is 7. The molecule has 1 rings (SSSR count). The van der Waals surface area contributed by atoms with Crippen molar-refractivity contribution in [2.75, 3.05) is 5.32 Å². The van der Waals surface area contributed by atoms with Gasteiger partial charge in [-0.3, -0.25) is 0 Å². The van der Waals surface area contributed by atoms with Crippen molar-refractivity contribution in [1.29, 1.82) is 5.26 Å². The fourth-order valence-corrected chi connectivity index (χ4v) is 2.61. The van der Waals surface area contributed by atoms with Crippen molar-refractivity contribution in [1.82, 2.24) is 0 Å². The van der Waals surface area contributed by atoms with Gasteiger partial charge in [-0.1, -0.05) is 40.3 Å². The molecular weight excluding hydrogens is 260 g/mol. The minimum absolute atomic E-state index is 0.0151. The second-order valence-corrected chi connectivity index (χ2v) is 6.62. The van der Waals surface area contributed by atoms with Crippen molar-refractivity contribution >= 4 is 5.69 Å². The van der Waals surface area contributed by atoms with E-state index in [2.05, 4.69) is 45.7 Å². The summed E-state index contributed by atoms with van der Waals surface area (Å²) in [4.78, 5) is 0. The highest BCUT2D eigenvalue weighted by Gasteiger charge is 2.23. The minimum Gasteiger partial charge on any atom is -0.392 e. The number of anilines is 1. The van der Waals surface area contributed by atoms with Gasteiger partial charge >= 0.3 is 0 Å². The molecule has 3 nitrogen and oxygen atoms in total. The highest BCUT2D eigenvalue weighted by atomic mass is 16.3. The first-order valence-electron chi connectivity index (χ1n) is 7.35. The lowest BCUT2D eigenvalue weighted by molar-refractivity contribution is 0.282. The van der Waals surface area contributed by atoms with Gasteiger partial charge in [-0.05, 0) is 35.6 Å². The van der Waals surface area contributed by atoms with Crippen LogP contribution in [0.2, 0.25) is 0 Å². The molecule has 0 atom stereocenters. The molecule has 3 heteroatoms. The van der Waals surface area contributed by atoms with Gasteiger partial charge in [-0.15, -0.1) is 0 Å². The van der Waals surface area contributed by atoms with Crippen molar-refractivity contribution in [2.45, 2.75) is 47.1 Å². The van der Waals surface area contributed by atoms with Gasteiger partial charge in [0.15, 0.2) is 0 Å². The Morgan fingerprint density at radius 3 is 2.48 bits per heavy atom. The van der Waals surface area contributed by atoms with Gasteiger partial charge in [-0.25, -0.2) is 0 Å². The average Bonchev–Trinajstić information content (AvgIpc) is 2.37. The van der Waals surface area contributed by atoms with Crippen LogP contribution in [0.25, 0.3) is 0 Å². The normalized spacial score (nSPS) is 11.3. The first kappa shape index (κ1) is 17.3. The van der Waals surface area contributed by atoms with Crippen LogP contribution in [0.5, 0.6) is 0 Å². The molecule has 21 heavy (non-hydrogen) atoms. The molecule has 1 aromatic carbocycles. The summed E-state index contributed by atoms with van der Waals surface area (Å²) in [6.07, 6.45) is 1.38. The third kappa shape index (κ3) is 5.24. The van der Waals surface area contributed by atoms with Crippen molar-refractivity contribution in [2.24, 2.45) is 11.3 Å². The van der Waals surface area contributed by atoms with E-state index in [0.717, 1.165) is 28.9 Å². The maximum Gasteiger partial charge on any atom is 0.0682 e. The van der Waals surface area contributed by atoms with E-state index in [9.17, 15) is 5.11 Å². The van der Waals surface area contributed by atoms with Gasteiger partial charge in [0.25, 0.3) is 0 Å². The third-order valence-corrected chi connectivity index (χ3v) is 3.55. The van der Waals surface area contributed by atoms with Crippen LogP contribution in [0.3, 0.4) is 0 Å². The maximum atomic E-state index is 9.33. The van der Waals surface area contributed by atoms with E-state index in [4.69, 9.17) is 5.26 Å². The predicted octanol–water partition coefficient (Wildman–Crippen LogP) is 4.24. The largest absolute Gasteiger partial charge is 0.392 e. The zero-order valence-corrected chi connectivity index (χ0v) is 13.5. The van der Waals surface area contributed by atoms with E-state index in [-0.39, 0.29) is 12.0 Å². The van der Waals surface area contributed by atoms with Gasteiger partial charge in [0.2, 0.25) is 0 Å². The fourth-order valence-electron chi connectivity index (χ4n) is 2.61. The standard InChI is InChI=1S/C18H26N2O/c1-13(2)11-18(4,5)14(3)20-17-9-15(6-7-19)8-16(10-17)12-21/h8-10,13,20-21H,3,6,11-12H2,1-2,4-5H3. The maximum absolute atomic E-state index is 9.33. The minimum atomic E-state index is -0.0319. The van der Waals surface area contributed by atoms with Crippen molar-refractivity contribution in [3.63, 3.8) is 0 Å². The summed E-state index contributed by atoms with van der Waals surface area (Å²) < 4.78 is 0. The van der Waals surface area contributed by atoms with Crippen LogP contribution in [0.4, 0.5) is 5.69 Å². The number of aliphatic hydroxyl groups excluding tert-OH is 1. The lowest BCUT2D eigenvalue weighted by Crippen LogP contribution is -2.22. The number of benzene rings is 1. The van der Waals surface area contributed by atoms with Crippen LogP contribution in [0.1, 0.15) is 45.2 Å². The molecule has 0 aliphatic rings. The second-order valence-electron chi connectivity index (χ2n) is 6.62. The Bertz CT molecular complexity index is 539. The van der Waals surface area contributed by atoms with Gasteiger partial charge in [0, 0.05) is 16.8 Å². The molecule has 0 saturated heterocycles. The quantitative estimate of drug-likeness (QED) is 0.788. The average molecular weight is 286 g/mol. The smallest absolute Gasteiger partial charge is 0.0682 e. The van der Waals surface area contributed by atoms with Crippen LogP contribution in [0.15, 0.2) is 30.5 Å². The van der Waals surface area contributed by atoms with Crippen molar-refractivity contribution < 1.29 is 5.11 Å². The summed E-state index contributed by atoms with van der Waals surface area (Å²) >= 11 is 0. The van der Waals surface area contributed by atoms with Gasteiger partial charge in [0.05, 0.1) is 19.1 Å². The summed E-state index contributed by atoms with van der Waals surface area (Å²) in [5.41, 5.74) is 3.53. The second kappa shape index (κ2) is 7.28. The Kier molecular flexibility index (Phi) is 5.99. The molecule has 0 heterocycles. The molecule has 0 bridgehead atoms. The lowest BCUT2D eigenvalue weighted by Gasteiger charge is -2.30. The summed E-state index contributed by atoms with van der Waals surface area (Å²) in [7, 11) is 0. The number of aliphatic hydroxyl groups is 1. The summed E-state index contributed by atoms with van der Waals surface area (Å²) in [6, 6.07) is 7.84. The summed E-state index contributed by atoms with van der Waals surface area (Å²) in [6.45, 7) is 12.9. The SMILES string of the molecule is C=C(Nc1cc(CO)cc(CC#N)c1)C(C)(C)CC(C)C. The van der Waals surface area contributed by atoms with Crippen molar-refractivity contribution in [3.8, 4) is 6.07 Å². The monoisotopic (exact) mass is 286 g/mol. The molecule has 0 amide bonds. The molecule has 0 aliphatic carbocycles. The summed E-state index contributed by atoms with van der Waals surface area (Å²) in [5.74, 6) is 0.594. The molecule has 0 saturated carbocycles. The van der Waals surface area contributed by atoms with Crippen LogP contribution in [-0.4, -0.2) is 5.11 Å². The Hall–Kier alpha value is -1.79. The van der Waals surface area contributed by atoms with E-state index in [1.807, 2.05) is 18.2 Å². The van der Waals surface area contributed by atoms with Crippen LogP contribution < -0.4 is 5.32 Å². The molecular formula is C18H26N2O. The first-order chi connectivity index (χ1) is 9.78. The van der Waals surface area contributed by atoms with E-state index in [1.54, 1.807) is 0 Å². The number of allylic oxidation sites excluding steroid dienone is 1. The molecule has 1 aromatic rings. The summed E-state index contributed by atoms with van der Waals surface area (Å²) in [5, 5.41) is 21.5. The molecule has 0 fully saturated rings. The number of nitrogens with one attached hydrogen (secondary N) is 1. The first-order valence-corrected chi connectivity index (χ1v) is 7.35. The highest BCUT2D eigenvalue weighted by Crippen LogP contribution is 2.33. The highest BCUT2D eigenvalue weighted by molar-refractivity contribution is 5.53. The number of hydrogen-bond acceptors (Lipinski definition) is 3. The third-order valence-electron chi connectivity index (χ3n) is 3.55. The Morgan fingerprint density at radius 2 is 1.95 bits per heavy atom. The van der Waals surface area contributed by atoms with E-state index >= 15 is 0 Å². The van der Waals surface area contributed by atoms with E-state index in [0.29, 0.717) is 12.3 Å². The van der Waals surface area contributed by atoms with Gasteiger partial charge < -0.3 is 10.4 Å². The lowest BCUT2D eigenvalue weighted by atomic mass is 9.81. The fraction of sp³-hybridized carbons (Fsp3) is 0.500. The zero-order valence-electron chi connectivity index (χ0n) is 13.5. The van der Waals surface area contributed by atoms with E-state index in [1.165, 1.54) is 0 Å². The predicted molar refractivity (Wildman–Crippen MR) is 87.7 cm³/mol. The van der Waals surface area contributed by atoms with Gasteiger partial charge in [0.1, 0.15) is 0 Å². The molecule has 2 N–H and O–H groups in total. The number of nitriles is 1. The Balaban J connectivity index is 2.94. The van der Waals surface area contributed by atoms with E-state index < -0.39 is 0 Å². The molecule has 0 radical (unpaired) electrons. The van der Waals surface area contributed by atoms with Crippen LogP contribution in [-0.2, 0) is 13.0 Å². The van der Waals surface area contributed by atoms with Crippen LogP contribution >= 0.6 is 0 Å². The number of nitrogens with zero attached hydrogens (tertiary/aromatic N) is 1. The van der Waals surface area contributed by atoms with Crippen molar-refractivity contribution in [3.05, 3.63) is 41.6 Å². The zero-order chi connectivity index (χ0) is 16.0. The van der Waals surface area contributed by atoms with Gasteiger partial charge in [-0.2, -0.15) is 5.26 Å². The number of hydrogen-bond donors (Lipinski definition) is 2. The van der Waals surface area contributed by atoms with Crippen LogP contribution in [0, 0.1) is 22.7 Å². The Morgan fingerprint density at radius 1 is 1.33 bits per heavy atom. The molecule has 0 aliphatic heterocycles.